The summed E-state index contributed by atoms with van der Waals surface area (Å²) in [7, 11) is -3.47. The Morgan fingerprint density at radius 2 is 2.11 bits per heavy atom. The molecule has 0 radical (unpaired) electrons. The van der Waals surface area contributed by atoms with Crippen molar-refractivity contribution < 1.29 is 13.3 Å². The zero-order valence-corrected chi connectivity index (χ0v) is 12.6. The smallest absolute Gasteiger partial charge is 0.270 e. The number of hydrogen-bond acceptors (Lipinski definition) is 5. The highest BCUT2D eigenvalue weighted by atomic mass is 79.9. The van der Waals surface area contributed by atoms with E-state index in [1.54, 1.807) is 0 Å². The second kappa shape index (κ2) is 6.83. The molecule has 106 valence electrons. The van der Waals surface area contributed by atoms with Gasteiger partial charge in [-0.3, -0.25) is 14.8 Å². The molecule has 0 bridgehead atoms. The van der Waals surface area contributed by atoms with E-state index in [-0.39, 0.29) is 17.1 Å². The van der Waals surface area contributed by atoms with E-state index < -0.39 is 14.9 Å². The van der Waals surface area contributed by atoms with Gasteiger partial charge < -0.3 is 5.32 Å². The maximum Gasteiger partial charge on any atom is 0.270 e. The van der Waals surface area contributed by atoms with Crippen LogP contribution >= 0.6 is 15.9 Å². The number of nitrogens with one attached hydrogen (secondary N) is 2. The molecule has 0 aromatic heterocycles. The van der Waals surface area contributed by atoms with Crippen molar-refractivity contribution in [3.63, 3.8) is 0 Å². The molecule has 0 aliphatic heterocycles. The first kappa shape index (κ1) is 15.9. The molecule has 19 heavy (non-hydrogen) atoms. The lowest BCUT2D eigenvalue weighted by Crippen LogP contribution is -2.26. The second-order valence-electron chi connectivity index (χ2n) is 3.70. The molecule has 0 atom stereocenters. The summed E-state index contributed by atoms with van der Waals surface area (Å²) in [6, 6.07) is 3.85. The lowest BCUT2D eigenvalue weighted by atomic mass is 10.3. The molecule has 1 aromatic rings. The Bertz CT molecular complexity index is 562. The Kier molecular flexibility index (Phi) is 5.70. The van der Waals surface area contributed by atoms with Crippen LogP contribution in [-0.2, 0) is 10.0 Å². The summed E-state index contributed by atoms with van der Waals surface area (Å²) in [4.78, 5) is 10.0. The van der Waals surface area contributed by atoms with E-state index in [4.69, 9.17) is 0 Å². The molecule has 1 aromatic carbocycles. The molecule has 0 amide bonds. The van der Waals surface area contributed by atoms with Gasteiger partial charge in [0.1, 0.15) is 0 Å². The van der Waals surface area contributed by atoms with Crippen molar-refractivity contribution in [1.82, 2.24) is 5.32 Å². The summed E-state index contributed by atoms with van der Waals surface area (Å²) in [6.07, 6.45) is 0. The molecular weight excluding hydrogens is 338 g/mol. The zero-order valence-electron chi connectivity index (χ0n) is 10.2. The van der Waals surface area contributed by atoms with Gasteiger partial charge in [0.2, 0.25) is 10.0 Å². The van der Waals surface area contributed by atoms with Crippen molar-refractivity contribution >= 4 is 37.3 Å². The lowest BCUT2D eigenvalue weighted by Gasteiger charge is -2.09. The van der Waals surface area contributed by atoms with Gasteiger partial charge in [-0.25, -0.2) is 8.42 Å². The highest BCUT2D eigenvalue weighted by molar-refractivity contribution is 9.10. The third-order valence-electron chi connectivity index (χ3n) is 2.23. The average Bonchev–Trinajstić information content (AvgIpc) is 2.31. The Balaban J connectivity index is 2.79. The number of anilines is 1. The number of non-ortho nitro benzene ring substituents is 1. The normalized spacial score (nSPS) is 11.3. The van der Waals surface area contributed by atoms with E-state index in [9.17, 15) is 18.5 Å². The van der Waals surface area contributed by atoms with Crippen molar-refractivity contribution in [2.45, 2.75) is 6.92 Å². The number of nitrogens with zero attached hydrogens (tertiary/aromatic N) is 1. The Hall–Kier alpha value is -1.19. The van der Waals surface area contributed by atoms with E-state index in [1.807, 2.05) is 6.92 Å². The molecule has 0 saturated carbocycles. The molecule has 0 heterocycles. The molecule has 0 saturated heterocycles. The van der Waals surface area contributed by atoms with Crippen LogP contribution in [0.25, 0.3) is 0 Å². The van der Waals surface area contributed by atoms with Crippen molar-refractivity contribution in [1.29, 1.82) is 0 Å². The number of halogens is 1. The number of benzene rings is 1. The minimum absolute atomic E-state index is 0.0652. The maximum absolute atomic E-state index is 11.7. The van der Waals surface area contributed by atoms with Gasteiger partial charge in [-0.2, -0.15) is 0 Å². The summed E-state index contributed by atoms with van der Waals surface area (Å²) in [5.74, 6) is -0.0652. The first-order valence-corrected chi connectivity index (χ1v) is 7.95. The topological polar surface area (TPSA) is 101 Å². The molecule has 7 nitrogen and oxygen atoms in total. The zero-order chi connectivity index (χ0) is 14.5. The first-order chi connectivity index (χ1) is 8.85. The van der Waals surface area contributed by atoms with Crippen LogP contribution in [0, 0.1) is 10.1 Å². The lowest BCUT2D eigenvalue weighted by molar-refractivity contribution is -0.384. The Morgan fingerprint density at radius 1 is 1.42 bits per heavy atom. The molecule has 9 heteroatoms. The average molecular weight is 352 g/mol. The van der Waals surface area contributed by atoms with Gasteiger partial charge in [0.15, 0.2) is 0 Å². The number of rotatable bonds is 7. The predicted molar refractivity (Wildman–Crippen MR) is 76.7 cm³/mol. The van der Waals surface area contributed by atoms with Crippen molar-refractivity contribution in [3.8, 4) is 0 Å². The third kappa shape index (κ3) is 5.13. The SMILES string of the molecule is CCNCCS(=O)(=O)Nc1ccc([N+](=O)[O-])cc1Br. The molecule has 0 spiro atoms. The van der Waals surface area contributed by atoms with E-state index in [1.165, 1.54) is 18.2 Å². The fourth-order valence-electron chi connectivity index (χ4n) is 1.30. The fraction of sp³-hybridized carbons (Fsp3) is 0.400. The Morgan fingerprint density at radius 3 is 2.63 bits per heavy atom. The van der Waals surface area contributed by atoms with Gasteiger partial charge in [0.05, 0.1) is 16.4 Å². The number of sulfonamides is 1. The molecular formula is C10H14BrN3O4S. The first-order valence-electron chi connectivity index (χ1n) is 5.51. The molecule has 0 aliphatic rings. The van der Waals surface area contributed by atoms with E-state index >= 15 is 0 Å². The van der Waals surface area contributed by atoms with Crippen LogP contribution in [0.15, 0.2) is 22.7 Å². The number of nitro groups is 1. The summed E-state index contributed by atoms with van der Waals surface area (Å²) < 4.78 is 26.2. The number of nitro benzene ring substituents is 1. The summed E-state index contributed by atoms with van der Waals surface area (Å²) in [6.45, 7) is 2.92. The summed E-state index contributed by atoms with van der Waals surface area (Å²) in [5.41, 5.74) is 0.171. The molecule has 2 N–H and O–H groups in total. The van der Waals surface area contributed by atoms with Crippen LogP contribution in [-0.4, -0.2) is 32.2 Å². The summed E-state index contributed by atoms with van der Waals surface area (Å²) in [5, 5.41) is 13.5. The maximum atomic E-state index is 11.7. The van der Waals surface area contributed by atoms with Crippen molar-refractivity contribution in [2.24, 2.45) is 0 Å². The fourth-order valence-corrected chi connectivity index (χ4v) is 2.93. The van der Waals surface area contributed by atoms with Gasteiger partial charge in [0, 0.05) is 23.2 Å². The highest BCUT2D eigenvalue weighted by Gasteiger charge is 2.14. The highest BCUT2D eigenvalue weighted by Crippen LogP contribution is 2.27. The van der Waals surface area contributed by atoms with Gasteiger partial charge in [-0.1, -0.05) is 6.92 Å². The number of hydrogen-bond donors (Lipinski definition) is 2. The second-order valence-corrected chi connectivity index (χ2v) is 6.39. The molecule has 0 fully saturated rings. The van der Waals surface area contributed by atoms with Crippen LogP contribution in [0.2, 0.25) is 0 Å². The van der Waals surface area contributed by atoms with Crippen LogP contribution < -0.4 is 10.0 Å². The van der Waals surface area contributed by atoms with Crippen LogP contribution in [0.1, 0.15) is 6.92 Å². The van der Waals surface area contributed by atoms with Crippen LogP contribution in [0.3, 0.4) is 0 Å². The van der Waals surface area contributed by atoms with Crippen molar-refractivity contribution in [3.05, 3.63) is 32.8 Å². The van der Waals surface area contributed by atoms with Crippen molar-refractivity contribution in [2.75, 3.05) is 23.6 Å². The standard InChI is InChI=1S/C10H14BrN3O4S/c1-2-12-5-6-19(17,18)13-10-4-3-8(14(15)16)7-9(10)11/h3-4,7,12-13H,2,5-6H2,1H3. The van der Waals surface area contributed by atoms with Gasteiger partial charge in [-0.05, 0) is 28.5 Å². The minimum Gasteiger partial charge on any atom is -0.316 e. The molecule has 0 aliphatic carbocycles. The van der Waals surface area contributed by atoms with Crippen LogP contribution in [0.4, 0.5) is 11.4 Å². The van der Waals surface area contributed by atoms with Gasteiger partial charge in [0.25, 0.3) is 5.69 Å². The minimum atomic E-state index is -3.47. The predicted octanol–water partition coefficient (Wildman–Crippen LogP) is 1.71. The molecule has 1 rings (SSSR count). The van der Waals surface area contributed by atoms with E-state index in [0.29, 0.717) is 17.6 Å². The summed E-state index contributed by atoms with van der Waals surface area (Å²) >= 11 is 3.10. The Labute approximate surface area is 119 Å². The largest absolute Gasteiger partial charge is 0.316 e. The third-order valence-corrected chi connectivity index (χ3v) is 4.16. The van der Waals surface area contributed by atoms with Crippen LogP contribution in [0.5, 0.6) is 0 Å². The van der Waals surface area contributed by atoms with E-state index in [2.05, 4.69) is 26.0 Å². The van der Waals surface area contributed by atoms with Gasteiger partial charge in [-0.15, -0.1) is 0 Å². The van der Waals surface area contributed by atoms with E-state index in [0.717, 1.165) is 0 Å². The monoisotopic (exact) mass is 351 g/mol. The quantitative estimate of drug-likeness (QED) is 0.442. The molecule has 0 unspecified atom stereocenters. The van der Waals surface area contributed by atoms with Gasteiger partial charge >= 0.3 is 0 Å².